The van der Waals surface area contributed by atoms with Gasteiger partial charge in [-0.05, 0) is 18.1 Å². The number of nitrogens with zero attached hydrogens (tertiary/aromatic N) is 1. The molecule has 0 saturated heterocycles. The molecule has 3 rings (SSSR count). The Bertz CT molecular complexity index is 669. The highest BCUT2D eigenvalue weighted by molar-refractivity contribution is 5.62. The maximum atomic E-state index is 4.29. The summed E-state index contributed by atoms with van der Waals surface area (Å²) in [7, 11) is 0. The van der Waals surface area contributed by atoms with Gasteiger partial charge < -0.3 is 5.32 Å². The molecule has 0 bridgehead atoms. The lowest BCUT2D eigenvalue weighted by Crippen LogP contribution is -1.98. The molecular formula is C17H17N3. The van der Waals surface area contributed by atoms with Crippen LogP contribution in [-0.2, 0) is 6.54 Å². The topological polar surface area (TPSA) is 40.7 Å². The minimum Gasteiger partial charge on any atom is -0.365 e. The number of rotatable bonds is 4. The maximum absolute atomic E-state index is 4.29. The fourth-order valence-corrected chi connectivity index (χ4v) is 2.08. The molecule has 0 saturated carbocycles. The molecule has 2 aromatic carbocycles. The van der Waals surface area contributed by atoms with Crippen molar-refractivity contribution in [2.24, 2.45) is 0 Å². The van der Waals surface area contributed by atoms with E-state index in [1.54, 1.807) is 0 Å². The smallest absolute Gasteiger partial charge is 0.148 e. The molecule has 0 aliphatic heterocycles. The van der Waals surface area contributed by atoms with Crippen molar-refractivity contribution in [1.82, 2.24) is 10.2 Å². The van der Waals surface area contributed by atoms with E-state index in [2.05, 4.69) is 58.8 Å². The number of nitrogens with one attached hydrogen (secondary N) is 2. The highest BCUT2D eigenvalue weighted by atomic mass is 15.2. The van der Waals surface area contributed by atoms with Crippen LogP contribution in [0, 0.1) is 6.92 Å². The number of aromatic nitrogens is 2. The van der Waals surface area contributed by atoms with Crippen LogP contribution in [0.3, 0.4) is 0 Å². The summed E-state index contributed by atoms with van der Waals surface area (Å²) in [5, 5.41) is 10.7. The van der Waals surface area contributed by atoms with Crippen molar-refractivity contribution in [2.45, 2.75) is 13.5 Å². The van der Waals surface area contributed by atoms with Crippen LogP contribution in [0.1, 0.15) is 11.1 Å². The van der Waals surface area contributed by atoms with Gasteiger partial charge in [-0.3, -0.25) is 5.10 Å². The minimum absolute atomic E-state index is 0.777. The Hall–Kier alpha value is -2.55. The van der Waals surface area contributed by atoms with Gasteiger partial charge in [-0.2, -0.15) is 5.10 Å². The van der Waals surface area contributed by atoms with Gasteiger partial charge in [-0.25, -0.2) is 0 Å². The largest absolute Gasteiger partial charge is 0.365 e. The van der Waals surface area contributed by atoms with E-state index in [0.29, 0.717) is 0 Å². The summed E-state index contributed by atoms with van der Waals surface area (Å²) in [6.45, 7) is 2.86. The Morgan fingerprint density at radius 2 is 1.75 bits per heavy atom. The van der Waals surface area contributed by atoms with Gasteiger partial charge in [0.15, 0.2) is 0 Å². The standard InChI is InChI=1S/C17H17N3/c1-13-7-9-15(10-8-13)16-11-17(20-19-16)18-12-14-5-3-2-4-6-14/h2-11H,12H2,1H3,(H2,18,19,20). The van der Waals surface area contributed by atoms with E-state index in [-0.39, 0.29) is 0 Å². The highest BCUT2D eigenvalue weighted by Crippen LogP contribution is 2.20. The molecule has 100 valence electrons. The molecule has 0 spiro atoms. The zero-order valence-electron chi connectivity index (χ0n) is 11.4. The third-order valence-electron chi connectivity index (χ3n) is 3.26. The lowest BCUT2D eigenvalue weighted by molar-refractivity contribution is 1.05. The Balaban J connectivity index is 1.69. The first kappa shape index (κ1) is 12.5. The molecule has 2 N–H and O–H groups in total. The number of anilines is 1. The van der Waals surface area contributed by atoms with Crippen LogP contribution >= 0.6 is 0 Å². The van der Waals surface area contributed by atoms with Crippen LogP contribution in [0.2, 0.25) is 0 Å². The zero-order chi connectivity index (χ0) is 13.8. The summed E-state index contributed by atoms with van der Waals surface area (Å²) < 4.78 is 0. The lowest BCUT2D eigenvalue weighted by atomic mass is 10.1. The van der Waals surface area contributed by atoms with Crippen molar-refractivity contribution in [3.63, 3.8) is 0 Å². The van der Waals surface area contributed by atoms with Crippen LogP contribution in [0.15, 0.2) is 60.7 Å². The summed E-state index contributed by atoms with van der Waals surface area (Å²) in [6, 6.07) is 20.7. The number of aromatic amines is 1. The fourth-order valence-electron chi connectivity index (χ4n) is 2.08. The van der Waals surface area contributed by atoms with Crippen LogP contribution < -0.4 is 5.32 Å². The van der Waals surface area contributed by atoms with Crippen LogP contribution in [0.4, 0.5) is 5.82 Å². The van der Waals surface area contributed by atoms with E-state index in [9.17, 15) is 0 Å². The number of hydrogen-bond donors (Lipinski definition) is 2. The number of H-pyrrole nitrogens is 1. The van der Waals surface area contributed by atoms with E-state index >= 15 is 0 Å². The monoisotopic (exact) mass is 263 g/mol. The van der Waals surface area contributed by atoms with Gasteiger partial charge in [-0.1, -0.05) is 60.2 Å². The van der Waals surface area contributed by atoms with E-state index in [4.69, 9.17) is 0 Å². The van der Waals surface area contributed by atoms with Crippen molar-refractivity contribution in [3.8, 4) is 11.3 Å². The third-order valence-corrected chi connectivity index (χ3v) is 3.26. The van der Waals surface area contributed by atoms with Gasteiger partial charge in [0.05, 0.1) is 5.69 Å². The van der Waals surface area contributed by atoms with Crippen LogP contribution in [0.5, 0.6) is 0 Å². The first-order valence-electron chi connectivity index (χ1n) is 6.71. The molecule has 3 aromatic rings. The van der Waals surface area contributed by atoms with Crippen LogP contribution in [-0.4, -0.2) is 10.2 Å². The highest BCUT2D eigenvalue weighted by Gasteiger charge is 2.03. The summed E-state index contributed by atoms with van der Waals surface area (Å²) in [5.74, 6) is 0.865. The van der Waals surface area contributed by atoms with E-state index in [1.165, 1.54) is 11.1 Å². The van der Waals surface area contributed by atoms with E-state index < -0.39 is 0 Å². The molecule has 0 atom stereocenters. The number of benzene rings is 2. The van der Waals surface area contributed by atoms with Gasteiger partial charge in [-0.15, -0.1) is 0 Å². The van der Waals surface area contributed by atoms with Gasteiger partial charge in [0.2, 0.25) is 0 Å². The SMILES string of the molecule is Cc1ccc(-c2cc(NCc3ccccc3)n[nH]2)cc1. The Morgan fingerprint density at radius 1 is 1.00 bits per heavy atom. The predicted molar refractivity (Wildman–Crippen MR) is 82.5 cm³/mol. The van der Waals surface area contributed by atoms with Crippen molar-refractivity contribution >= 4 is 5.82 Å². The second-order valence-electron chi connectivity index (χ2n) is 4.87. The fraction of sp³-hybridized carbons (Fsp3) is 0.118. The molecule has 3 heteroatoms. The third kappa shape index (κ3) is 2.88. The summed E-state index contributed by atoms with van der Waals surface area (Å²) in [6.07, 6.45) is 0. The molecular weight excluding hydrogens is 246 g/mol. The first-order valence-corrected chi connectivity index (χ1v) is 6.71. The minimum atomic E-state index is 0.777. The Morgan fingerprint density at radius 3 is 2.50 bits per heavy atom. The molecule has 0 fully saturated rings. The summed E-state index contributed by atoms with van der Waals surface area (Å²) >= 11 is 0. The molecule has 20 heavy (non-hydrogen) atoms. The zero-order valence-corrected chi connectivity index (χ0v) is 11.4. The molecule has 0 unspecified atom stereocenters. The normalized spacial score (nSPS) is 10.4. The lowest BCUT2D eigenvalue weighted by Gasteiger charge is -2.01. The second-order valence-corrected chi connectivity index (χ2v) is 4.87. The van der Waals surface area contributed by atoms with Gasteiger partial charge in [0.25, 0.3) is 0 Å². The second kappa shape index (κ2) is 5.61. The molecule has 3 nitrogen and oxygen atoms in total. The first-order chi connectivity index (χ1) is 9.81. The molecule has 1 aromatic heterocycles. The Labute approximate surface area is 118 Å². The van der Waals surface area contributed by atoms with Gasteiger partial charge >= 0.3 is 0 Å². The average Bonchev–Trinajstić information content (AvgIpc) is 2.96. The quantitative estimate of drug-likeness (QED) is 0.747. The molecule has 0 aliphatic carbocycles. The average molecular weight is 263 g/mol. The van der Waals surface area contributed by atoms with E-state index in [1.807, 2.05) is 24.3 Å². The predicted octanol–water partition coefficient (Wildman–Crippen LogP) is 4.00. The summed E-state index contributed by atoms with van der Waals surface area (Å²) in [4.78, 5) is 0. The number of aryl methyl sites for hydroxylation is 1. The summed E-state index contributed by atoms with van der Waals surface area (Å²) in [5.41, 5.74) is 4.68. The maximum Gasteiger partial charge on any atom is 0.148 e. The van der Waals surface area contributed by atoms with Crippen molar-refractivity contribution in [2.75, 3.05) is 5.32 Å². The van der Waals surface area contributed by atoms with E-state index in [0.717, 1.165) is 23.6 Å². The Kier molecular flexibility index (Phi) is 3.50. The molecule has 0 aliphatic rings. The molecule has 0 radical (unpaired) electrons. The van der Waals surface area contributed by atoms with Crippen molar-refractivity contribution in [3.05, 3.63) is 71.8 Å². The molecule has 0 amide bonds. The number of hydrogen-bond acceptors (Lipinski definition) is 2. The van der Waals surface area contributed by atoms with Gasteiger partial charge in [0.1, 0.15) is 5.82 Å². The van der Waals surface area contributed by atoms with Crippen molar-refractivity contribution < 1.29 is 0 Å². The van der Waals surface area contributed by atoms with Crippen molar-refractivity contribution in [1.29, 1.82) is 0 Å². The van der Waals surface area contributed by atoms with Crippen LogP contribution in [0.25, 0.3) is 11.3 Å². The molecule has 1 heterocycles. The van der Waals surface area contributed by atoms with Gasteiger partial charge in [0, 0.05) is 12.6 Å².